The lowest BCUT2D eigenvalue weighted by Crippen LogP contribution is -2.28. The summed E-state index contributed by atoms with van der Waals surface area (Å²) in [4.78, 5) is 4.37. The normalized spacial score (nSPS) is 12.6. The lowest BCUT2D eigenvalue weighted by molar-refractivity contribution is 0.509. The molecule has 102 valence electrons. The summed E-state index contributed by atoms with van der Waals surface area (Å²) in [5, 5.41) is 3.40. The zero-order valence-electron chi connectivity index (χ0n) is 11.4. The average Bonchev–Trinajstić information content (AvgIpc) is 2.82. The Bertz CT molecular complexity index is 522. The molecule has 1 unspecified atom stereocenters. The smallest absolute Gasteiger partial charge is 0.108 e. The largest absolute Gasteiger partial charge is 0.338 e. The molecule has 0 spiro atoms. The molecule has 3 nitrogen and oxygen atoms in total. The van der Waals surface area contributed by atoms with Gasteiger partial charge in [-0.1, -0.05) is 34.1 Å². The third kappa shape index (κ3) is 3.91. The highest BCUT2D eigenvalue weighted by atomic mass is 79.9. The molecule has 0 saturated heterocycles. The molecule has 0 radical (unpaired) electrons. The van der Waals surface area contributed by atoms with Crippen molar-refractivity contribution < 1.29 is 0 Å². The molecule has 1 atom stereocenters. The zero-order chi connectivity index (χ0) is 13.7. The Morgan fingerprint density at radius 2 is 2.16 bits per heavy atom. The van der Waals surface area contributed by atoms with Gasteiger partial charge in [0.25, 0.3) is 0 Å². The van der Waals surface area contributed by atoms with Crippen LogP contribution in [0, 0.1) is 0 Å². The average molecular weight is 322 g/mol. The fraction of sp³-hybridized carbons (Fsp3) is 0.400. The summed E-state index contributed by atoms with van der Waals surface area (Å²) < 4.78 is 3.28. The number of halogens is 1. The Morgan fingerprint density at radius 3 is 2.79 bits per heavy atom. The number of aryl methyl sites for hydroxylation is 2. The number of imidazole rings is 1. The van der Waals surface area contributed by atoms with Crippen LogP contribution in [-0.4, -0.2) is 22.6 Å². The van der Waals surface area contributed by atoms with Crippen molar-refractivity contribution in [2.45, 2.75) is 25.3 Å². The van der Waals surface area contributed by atoms with Gasteiger partial charge in [0, 0.05) is 36.4 Å². The van der Waals surface area contributed by atoms with Gasteiger partial charge in [0.05, 0.1) is 0 Å². The number of hydrogen-bond acceptors (Lipinski definition) is 2. The van der Waals surface area contributed by atoms with Crippen molar-refractivity contribution in [1.82, 2.24) is 14.9 Å². The quantitative estimate of drug-likeness (QED) is 0.886. The van der Waals surface area contributed by atoms with Crippen LogP contribution in [0.2, 0.25) is 0 Å². The van der Waals surface area contributed by atoms with Crippen molar-refractivity contribution in [3.8, 4) is 0 Å². The highest BCUT2D eigenvalue weighted by Crippen LogP contribution is 2.18. The Hall–Kier alpha value is -1.13. The first-order chi connectivity index (χ1) is 9.20. The first-order valence-corrected chi connectivity index (χ1v) is 7.37. The first-order valence-electron chi connectivity index (χ1n) is 6.57. The first kappa shape index (κ1) is 14.3. The third-order valence-electron chi connectivity index (χ3n) is 3.47. The van der Waals surface area contributed by atoms with Gasteiger partial charge in [0.1, 0.15) is 5.82 Å². The monoisotopic (exact) mass is 321 g/mol. The minimum absolute atomic E-state index is 0.468. The van der Waals surface area contributed by atoms with Crippen molar-refractivity contribution in [3.05, 3.63) is 52.5 Å². The number of likely N-dealkylation sites (N-methyl/N-ethyl adjacent to an activating group) is 1. The van der Waals surface area contributed by atoms with Gasteiger partial charge in [-0.2, -0.15) is 0 Å². The number of nitrogens with zero attached hydrogens (tertiary/aromatic N) is 2. The number of nitrogens with one attached hydrogen (secondary N) is 1. The van der Waals surface area contributed by atoms with E-state index in [1.807, 2.05) is 26.5 Å². The molecule has 0 fully saturated rings. The summed E-state index contributed by atoms with van der Waals surface area (Å²) in [5.41, 5.74) is 1.35. The predicted molar refractivity (Wildman–Crippen MR) is 82.2 cm³/mol. The topological polar surface area (TPSA) is 29.9 Å². The zero-order valence-corrected chi connectivity index (χ0v) is 13.0. The number of aromatic nitrogens is 2. The van der Waals surface area contributed by atoms with E-state index in [0.717, 1.165) is 25.1 Å². The molecule has 0 bridgehead atoms. The molecule has 4 heteroatoms. The van der Waals surface area contributed by atoms with E-state index in [1.165, 1.54) is 10.0 Å². The van der Waals surface area contributed by atoms with Crippen molar-refractivity contribution >= 4 is 15.9 Å². The van der Waals surface area contributed by atoms with Gasteiger partial charge < -0.3 is 9.88 Å². The number of hydrogen-bond donors (Lipinski definition) is 1. The summed E-state index contributed by atoms with van der Waals surface area (Å²) in [6.07, 6.45) is 6.97. The van der Waals surface area contributed by atoms with Crippen LogP contribution in [0.3, 0.4) is 0 Å². The fourth-order valence-corrected chi connectivity index (χ4v) is 2.67. The van der Waals surface area contributed by atoms with Crippen LogP contribution in [0.25, 0.3) is 0 Å². The summed E-state index contributed by atoms with van der Waals surface area (Å²) in [5.74, 6) is 1.15. The Kier molecular flexibility index (Phi) is 5.16. The third-order valence-corrected chi connectivity index (χ3v) is 4.24. The molecule has 1 aromatic carbocycles. The van der Waals surface area contributed by atoms with Gasteiger partial charge in [-0.15, -0.1) is 0 Å². The van der Waals surface area contributed by atoms with E-state index in [-0.39, 0.29) is 0 Å². The minimum atomic E-state index is 0.468. The Labute approximate surface area is 123 Å². The van der Waals surface area contributed by atoms with E-state index >= 15 is 0 Å². The number of benzene rings is 1. The van der Waals surface area contributed by atoms with E-state index in [1.54, 1.807) is 0 Å². The van der Waals surface area contributed by atoms with Crippen LogP contribution in [0.15, 0.2) is 41.1 Å². The van der Waals surface area contributed by atoms with Crippen LogP contribution >= 0.6 is 15.9 Å². The molecular formula is C15H20BrN3. The van der Waals surface area contributed by atoms with Gasteiger partial charge in [-0.25, -0.2) is 4.98 Å². The second-order valence-corrected chi connectivity index (χ2v) is 5.63. The minimum Gasteiger partial charge on any atom is -0.338 e. The van der Waals surface area contributed by atoms with Crippen molar-refractivity contribution in [2.75, 3.05) is 7.05 Å². The van der Waals surface area contributed by atoms with Crippen LogP contribution in [0.5, 0.6) is 0 Å². The van der Waals surface area contributed by atoms with E-state index in [4.69, 9.17) is 0 Å². The maximum Gasteiger partial charge on any atom is 0.108 e. The highest BCUT2D eigenvalue weighted by Gasteiger charge is 2.10. The predicted octanol–water partition coefficient (Wildman–Crippen LogP) is 2.95. The molecule has 1 heterocycles. The Balaban J connectivity index is 1.94. The second-order valence-electron chi connectivity index (χ2n) is 4.77. The van der Waals surface area contributed by atoms with Crippen LogP contribution in [0.1, 0.15) is 17.8 Å². The van der Waals surface area contributed by atoms with E-state index < -0.39 is 0 Å². The molecule has 0 amide bonds. The van der Waals surface area contributed by atoms with Gasteiger partial charge in [-0.3, -0.25) is 0 Å². The molecule has 19 heavy (non-hydrogen) atoms. The maximum atomic E-state index is 4.37. The molecule has 1 N–H and O–H groups in total. The summed E-state index contributed by atoms with van der Waals surface area (Å²) >= 11 is 3.61. The lowest BCUT2D eigenvalue weighted by Gasteiger charge is -2.17. The molecule has 2 rings (SSSR count). The molecule has 0 saturated carbocycles. The summed E-state index contributed by atoms with van der Waals surface area (Å²) in [6.45, 7) is 0. The van der Waals surface area contributed by atoms with Gasteiger partial charge in [-0.05, 0) is 31.5 Å². The molecule has 1 aromatic heterocycles. The highest BCUT2D eigenvalue weighted by molar-refractivity contribution is 9.10. The molecular weight excluding hydrogens is 302 g/mol. The fourth-order valence-electron chi connectivity index (χ4n) is 2.22. The van der Waals surface area contributed by atoms with Crippen LogP contribution < -0.4 is 5.32 Å². The van der Waals surface area contributed by atoms with E-state index in [0.29, 0.717) is 6.04 Å². The maximum absolute atomic E-state index is 4.37. The van der Waals surface area contributed by atoms with Crippen LogP contribution in [0.4, 0.5) is 0 Å². The van der Waals surface area contributed by atoms with Gasteiger partial charge in [0.15, 0.2) is 0 Å². The second kappa shape index (κ2) is 6.87. The van der Waals surface area contributed by atoms with Crippen molar-refractivity contribution in [1.29, 1.82) is 0 Å². The Morgan fingerprint density at radius 1 is 1.37 bits per heavy atom. The van der Waals surface area contributed by atoms with E-state index in [9.17, 15) is 0 Å². The standard InChI is InChI=1S/C15H20BrN3/c1-17-13(7-8-15-18-9-10-19(15)2)11-12-5-3-4-6-14(12)16/h3-6,9-10,13,17H,7-8,11H2,1-2H3. The molecule has 0 aliphatic carbocycles. The van der Waals surface area contributed by atoms with Crippen LogP contribution in [-0.2, 0) is 19.9 Å². The van der Waals surface area contributed by atoms with Gasteiger partial charge >= 0.3 is 0 Å². The number of rotatable bonds is 6. The molecule has 2 aromatic rings. The van der Waals surface area contributed by atoms with Gasteiger partial charge in [0.2, 0.25) is 0 Å². The lowest BCUT2D eigenvalue weighted by atomic mass is 10.0. The van der Waals surface area contributed by atoms with Crippen molar-refractivity contribution in [3.63, 3.8) is 0 Å². The van der Waals surface area contributed by atoms with Crippen molar-refractivity contribution in [2.24, 2.45) is 7.05 Å². The molecule has 0 aliphatic rings. The van der Waals surface area contributed by atoms with E-state index in [2.05, 4.69) is 55.1 Å². The summed E-state index contributed by atoms with van der Waals surface area (Å²) in [7, 11) is 4.07. The SMILES string of the molecule is CNC(CCc1nccn1C)Cc1ccccc1Br. The molecule has 0 aliphatic heterocycles. The summed E-state index contributed by atoms with van der Waals surface area (Å²) in [6, 6.07) is 8.88.